The molecule has 1 aliphatic carbocycles. The van der Waals surface area contributed by atoms with E-state index in [0.717, 1.165) is 55.9 Å². The molecule has 6 rings (SSSR count). The predicted octanol–water partition coefficient (Wildman–Crippen LogP) is 5.64. The molecule has 4 atom stereocenters. The van der Waals surface area contributed by atoms with Crippen LogP contribution in [0.15, 0.2) is 91.9 Å². The maximum Gasteiger partial charge on any atom is 0.303 e. The molecule has 1 aromatic rings. The van der Waals surface area contributed by atoms with Crippen LogP contribution in [-0.2, 0) is 4.79 Å². The van der Waals surface area contributed by atoms with E-state index in [-0.39, 0.29) is 29.7 Å². The maximum absolute atomic E-state index is 11.6. The van der Waals surface area contributed by atoms with Crippen LogP contribution < -0.4 is 16.0 Å². The number of rotatable bonds is 4. The van der Waals surface area contributed by atoms with Gasteiger partial charge in [-0.15, -0.1) is 0 Å². The Balaban J connectivity index is 1.65. The van der Waals surface area contributed by atoms with Crippen molar-refractivity contribution in [2.75, 3.05) is 0 Å². The highest BCUT2D eigenvalue weighted by Gasteiger charge is 2.46. The van der Waals surface area contributed by atoms with Gasteiger partial charge in [0.05, 0.1) is 28.9 Å². The number of H-pyrrole nitrogens is 1. The first-order chi connectivity index (χ1) is 19.9. The average Bonchev–Trinajstić information content (AvgIpc) is 3.59. The van der Waals surface area contributed by atoms with Gasteiger partial charge in [-0.25, -0.2) is 4.99 Å². The van der Waals surface area contributed by atoms with Gasteiger partial charge in [0.1, 0.15) is 0 Å². The standard InChI is InChI=1S/C36H40N4O2/c1-9-24-21(5)29-16-33-26-12-10-18(2)23(7)36(26,8)34(40-33)17-30-20(4)19(3)27(37-30)14-32-25(11-13-35(41)42)22(6)28(39-32)15-31(24)38-29/h9-10,12,14-17,22-23,28,37,39H,1,11,13H2,2-8H3,(H,41,42)/b27-14-,30-17-,31-15-,33-16-/t22?,23-,28?,36-/m1/s1. The first-order valence-corrected chi connectivity index (χ1v) is 14.9. The van der Waals surface area contributed by atoms with E-state index in [9.17, 15) is 9.90 Å². The summed E-state index contributed by atoms with van der Waals surface area (Å²) in [5.74, 6) is -0.396. The minimum absolute atomic E-state index is 0.0294. The van der Waals surface area contributed by atoms with Crippen molar-refractivity contribution in [2.45, 2.75) is 67.3 Å². The van der Waals surface area contributed by atoms with E-state index >= 15 is 0 Å². The second-order valence-corrected chi connectivity index (χ2v) is 12.5. The highest BCUT2D eigenvalue weighted by Crippen LogP contribution is 2.51. The van der Waals surface area contributed by atoms with Crippen molar-refractivity contribution in [1.82, 2.24) is 10.3 Å². The molecule has 8 bridgehead atoms. The Morgan fingerprint density at radius 1 is 1.05 bits per heavy atom. The Morgan fingerprint density at radius 3 is 2.45 bits per heavy atom. The van der Waals surface area contributed by atoms with Crippen LogP contribution >= 0.6 is 0 Å². The van der Waals surface area contributed by atoms with Crippen molar-refractivity contribution in [3.8, 4) is 0 Å². The summed E-state index contributed by atoms with van der Waals surface area (Å²) in [4.78, 5) is 25.7. The van der Waals surface area contributed by atoms with Gasteiger partial charge < -0.3 is 15.4 Å². The van der Waals surface area contributed by atoms with Crippen LogP contribution in [0.5, 0.6) is 0 Å². The van der Waals surface area contributed by atoms with Gasteiger partial charge in [-0.1, -0.05) is 44.2 Å². The summed E-state index contributed by atoms with van der Waals surface area (Å²) in [6.07, 6.45) is 15.6. The minimum atomic E-state index is -0.789. The molecule has 2 unspecified atom stereocenters. The monoisotopic (exact) mass is 560 g/mol. The van der Waals surface area contributed by atoms with E-state index in [4.69, 9.17) is 9.98 Å². The van der Waals surface area contributed by atoms with Crippen molar-refractivity contribution in [2.24, 2.45) is 27.2 Å². The number of aliphatic imine (C=N–C) groups is 2. The third-order valence-corrected chi connectivity index (χ3v) is 10.4. The van der Waals surface area contributed by atoms with Crippen LogP contribution in [0.1, 0.15) is 58.6 Å². The van der Waals surface area contributed by atoms with Gasteiger partial charge >= 0.3 is 5.97 Å². The molecule has 5 aliphatic rings. The lowest BCUT2D eigenvalue weighted by molar-refractivity contribution is -0.136. The van der Waals surface area contributed by atoms with Crippen LogP contribution in [0.2, 0.25) is 0 Å². The molecule has 0 saturated carbocycles. The highest BCUT2D eigenvalue weighted by molar-refractivity contribution is 6.20. The van der Waals surface area contributed by atoms with E-state index in [1.807, 2.05) is 6.08 Å². The molecule has 0 amide bonds. The molecule has 4 aliphatic heterocycles. The summed E-state index contributed by atoms with van der Waals surface area (Å²) < 4.78 is 0. The van der Waals surface area contributed by atoms with Gasteiger partial charge in [0, 0.05) is 39.7 Å². The number of carbonyl (C=O) groups is 1. The van der Waals surface area contributed by atoms with Crippen molar-refractivity contribution < 1.29 is 9.90 Å². The molecular weight excluding hydrogens is 520 g/mol. The van der Waals surface area contributed by atoms with Crippen LogP contribution in [0.4, 0.5) is 0 Å². The first-order valence-electron chi connectivity index (χ1n) is 14.9. The van der Waals surface area contributed by atoms with E-state index in [1.54, 1.807) is 0 Å². The molecule has 3 N–H and O–H groups in total. The minimum Gasteiger partial charge on any atom is -0.481 e. The summed E-state index contributed by atoms with van der Waals surface area (Å²) in [6, 6.07) is -0.0294. The molecule has 216 valence electrons. The topological polar surface area (TPSA) is 89.8 Å². The van der Waals surface area contributed by atoms with Crippen LogP contribution in [0.25, 0.3) is 12.2 Å². The molecule has 5 heterocycles. The second-order valence-electron chi connectivity index (χ2n) is 12.5. The molecule has 42 heavy (non-hydrogen) atoms. The number of allylic oxidation sites excluding steroid dienone is 8. The molecule has 6 nitrogen and oxygen atoms in total. The number of carboxylic acid groups (broad SMARTS) is 1. The molecule has 1 aromatic heterocycles. The van der Waals surface area contributed by atoms with Crippen LogP contribution in [0.3, 0.4) is 0 Å². The van der Waals surface area contributed by atoms with E-state index in [2.05, 4.69) is 102 Å². The average molecular weight is 561 g/mol. The quantitative estimate of drug-likeness (QED) is 0.445. The fourth-order valence-electron chi connectivity index (χ4n) is 7.05. The van der Waals surface area contributed by atoms with Gasteiger partial charge in [0.2, 0.25) is 0 Å². The summed E-state index contributed by atoms with van der Waals surface area (Å²) in [5, 5.41) is 15.3. The second kappa shape index (κ2) is 9.97. The van der Waals surface area contributed by atoms with Gasteiger partial charge in [-0.2, -0.15) is 0 Å². The number of aromatic nitrogens is 1. The van der Waals surface area contributed by atoms with E-state index in [0.29, 0.717) is 6.42 Å². The fourth-order valence-corrected chi connectivity index (χ4v) is 7.05. The number of hydrogen-bond donors (Lipinski definition) is 3. The van der Waals surface area contributed by atoms with Gasteiger partial charge in [0.25, 0.3) is 0 Å². The highest BCUT2D eigenvalue weighted by atomic mass is 16.4. The van der Waals surface area contributed by atoms with Crippen molar-refractivity contribution >= 4 is 29.5 Å². The molecule has 6 heteroatoms. The first kappa shape index (κ1) is 28.0. The Kier molecular flexibility index (Phi) is 6.64. The Morgan fingerprint density at radius 2 is 1.76 bits per heavy atom. The fraction of sp³-hybridized carbons (Fsp3) is 0.361. The van der Waals surface area contributed by atoms with Gasteiger partial charge in [-0.05, 0) is 99.1 Å². The number of aliphatic carboxylic acids is 1. The number of carboxylic acids is 1. The third-order valence-electron chi connectivity index (χ3n) is 10.4. The predicted molar refractivity (Wildman–Crippen MR) is 171 cm³/mol. The number of aromatic amines is 1. The van der Waals surface area contributed by atoms with Gasteiger partial charge in [-0.3, -0.25) is 9.79 Å². The third kappa shape index (κ3) is 4.19. The number of fused-ring (bicyclic) bond motifs is 9. The summed E-state index contributed by atoms with van der Waals surface area (Å²) in [5.41, 5.74) is 12.6. The lowest BCUT2D eigenvalue weighted by Crippen LogP contribution is -2.35. The van der Waals surface area contributed by atoms with Crippen molar-refractivity contribution in [1.29, 1.82) is 0 Å². The summed E-state index contributed by atoms with van der Waals surface area (Å²) in [7, 11) is 0. The van der Waals surface area contributed by atoms with E-state index < -0.39 is 5.97 Å². The summed E-state index contributed by atoms with van der Waals surface area (Å²) in [6.45, 7) is 19.5. The normalized spacial score (nSPS) is 32.1. The van der Waals surface area contributed by atoms with E-state index in [1.165, 1.54) is 22.3 Å². The number of nitrogens with zero attached hydrogens (tertiary/aromatic N) is 2. The lowest BCUT2D eigenvalue weighted by Gasteiger charge is -2.37. The molecule has 0 saturated heterocycles. The van der Waals surface area contributed by atoms with Crippen molar-refractivity contribution in [3.05, 3.63) is 104 Å². The number of hydrogen-bond acceptors (Lipinski definition) is 4. The van der Waals surface area contributed by atoms with Crippen molar-refractivity contribution in [3.63, 3.8) is 0 Å². The molecule has 0 aromatic carbocycles. The molecular formula is C36H40N4O2. The molecule has 0 radical (unpaired) electrons. The SMILES string of the molecule is C=CC1=C(C)C2=NC/1=C\C1NC(=C(CCC(=O)O)C1C)/C=c1\[nH]/c(c(C)c1C)=C\C1=NC(=C\2)/C2=CC=C(C)[C@@H](C)[C@]21C. The van der Waals surface area contributed by atoms with Crippen LogP contribution in [0, 0.1) is 31.1 Å². The zero-order valence-electron chi connectivity index (χ0n) is 25.6. The lowest BCUT2D eigenvalue weighted by atomic mass is 9.64. The Labute approximate surface area is 247 Å². The zero-order chi connectivity index (χ0) is 30.1. The molecule has 0 spiro atoms. The summed E-state index contributed by atoms with van der Waals surface area (Å²) >= 11 is 0. The largest absolute Gasteiger partial charge is 0.481 e. The number of nitrogens with one attached hydrogen (secondary N) is 2. The van der Waals surface area contributed by atoms with Crippen LogP contribution in [-0.4, -0.2) is 33.5 Å². The Bertz CT molecular complexity index is 1830. The maximum atomic E-state index is 11.6. The molecule has 0 fully saturated rings. The van der Waals surface area contributed by atoms with Gasteiger partial charge in [0.15, 0.2) is 0 Å². The zero-order valence-corrected chi connectivity index (χ0v) is 25.6. The Hall–Kier alpha value is -4.19. The smallest absolute Gasteiger partial charge is 0.303 e.